The Labute approximate surface area is 221 Å². The van der Waals surface area contributed by atoms with Crippen LogP contribution in [0.4, 0.5) is 5.69 Å². The smallest absolute Gasteiger partial charge is 0.241 e. The lowest BCUT2D eigenvalue weighted by Gasteiger charge is -2.29. The van der Waals surface area contributed by atoms with Crippen molar-refractivity contribution in [3.8, 4) is 16.9 Å². The average molecular weight is 520 g/mol. The van der Waals surface area contributed by atoms with Crippen molar-refractivity contribution in [1.29, 1.82) is 0 Å². The van der Waals surface area contributed by atoms with Crippen molar-refractivity contribution >= 4 is 15.7 Å². The summed E-state index contributed by atoms with van der Waals surface area (Å²) in [6.07, 6.45) is 2.70. The Morgan fingerprint density at radius 2 is 1.65 bits per heavy atom. The fourth-order valence-corrected chi connectivity index (χ4v) is 7.57. The fraction of sp³-hybridized carbons (Fsp3) is 0.400. The highest BCUT2D eigenvalue weighted by Gasteiger charge is 2.29. The number of nitrogens with one attached hydrogen (secondary N) is 2. The second-order valence-corrected chi connectivity index (χ2v) is 11.9. The Morgan fingerprint density at radius 3 is 2.35 bits per heavy atom. The molecule has 1 fully saturated rings. The highest BCUT2D eigenvalue weighted by atomic mass is 32.2. The summed E-state index contributed by atoms with van der Waals surface area (Å²) in [6, 6.07) is 16.9. The summed E-state index contributed by atoms with van der Waals surface area (Å²) in [4.78, 5) is 2.77. The summed E-state index contributed by atoms with van der Waals surface area (Å²) in [7, 11) is -2.09. The van der Waals surface area contributed by atoms with E-state index in [1.165, 1.54) is 22.4 Å². The first kappa shape index (κ1) is 25.8. The molecule has 37 heavy (non-hydrogen) atoms. The molecule has 6 nitrogen and oxygen atoms in total. The second-order valence-electron chi connectivity index (χ2n) is 10.2. The lowest BCUT2D eigenvalue weighted by Crippen LogP contribution is -2.43. The van der Waals surface area contributed by atoms with Gasteiger partial charge in [0.05, 0.1) is 12.0 Å². The first-order valence-corrected chi connectivity index (χ1v) is 14.6. The average Bonchev–Trinajstić information content (AvgIpc) is 2.91. The number of fused-ring (bicyclic) bond motifs is 1. The Hall–Kier alpha value is -2.87. The molecule has 0 spiro atoms. The molecule has 5 rings (SSSR count). The van der Waals surface area contributed by atoms with E-state index in [2.05, 4.69) is 57.4 Å². The van der Waals surface area contributed by atoms with Crippen molar-refractivity contribution in [2.45, 2.75) is 51.0 Å². The monoisotopic (exact) mass is 519 g/mol. The van der Waals surface area contributed by atoms with E-state index in [-0.39, 0.29) is 6.04 Å². The summed E-state index contributed by atoms with van der Waals surface area (Å²) < 4.78 is 35.7. The number of methoxy groups -OCH3 is 1. The van der Waals surface area contributed by atoms with E-state index in [0.29, 0.717) is 16.2 Å². The molecule has 1 heterocycles. The number of benzene rings is 3. The summed E-state index contributed by atoms with van der Waals surface area (Å²) in [5.74, 6) is 0.713. The molecular formula is C30H37N3O3S. The van der Waals surface area contributed by atoms with Crippen molar-refractivity contribution in [3.05, 3.63) is 76.3 Å². The summed E-state index contributed by atoms with van der Waals surface area (Å²) in [6.45, 7) is 9.70. The first-order chi connectivity index (χ1) is 17.8. The Morgan fingerprint density at radius 1 is 0.946 bits per heavy atom. The predicted molar refractivity (Wildman–Crippen MR) is 150 cm³/mol. The molecule has 7 heteroatoms. The van der Waals surface area contributed by atoms with E-state index in [9.17, 15) is 8.42 Å². The number of ether oxygens (including phenoxy) is 1. The van der Waals surface area contributed by atoms with E-state index in [1.54, 1.807) is 7.11 Å². The van der Waals surface area contributed by atoms with Crippen molar-refractivity contribution < 1.29 is 13.2 Å². The van der Waals surface area contributed by atoms with E-state index < -0.39 is 10.0 Å². The Bertz CT molecular complexity index is 1390. The lowest BCUT2D eigenvalue weighted by atomic mass is 9.86. The normalized spacial score (nSPS) is 17.9. The molecule has 3 aromatic carbocycles. The summed E-state index contributed by atoms with van der Waals surface area (Å²) in [5, 5.41) is 3.40. The number of piperazine rings is 1. The van der Waals surface area contributed by atoms with Crippen LogP contribution in [0, 0.1) is 20.8 Å². The van der Waals surface area contributed by atoms with Gasteiger partial charge in [0.15, 0.2) is 0 Å². The Kier molecular flexibility index (Phi) is 7.30. The van der Waals surface area contributed by atoms with Crippen molar-refractivity contribution in [3.63, 3.8) is 0 Å². The van der Waals surface area contributed by atoms with Crippen LogP contribution in [-0.4, -0.2) is 41.7 Å². The van der Waals surface area contributed by atoms with Gasteiger partial charge < -0.3 is 15.0 Å². The van der Waals surface area contributed by atoms with Crippen LogP contribution in [0.25, 0.3) is 11.1 Å². The van der Waals surface area contributed by atoms with Gasteiger partial charge in [0.25, 0.3) is 0 Å². The number of sulfonamides is 1. The van der Waals surface area contributed by atoms with Gasteiger partial charge in [-0.1, -0.05) is 30.3 Å². The van der Waals surface area contributed by atoms with Gasteiger partial charge >= 0.3 is 0 Å². The maximum absolute atomic E-state index is 13.6. The molecule has 0 amide bonds. The Balaban J connectivity index is 1.39. The molecule has 0 aromatic heterocycles. The van der Waals surface area contributed by atoms with Crippen LogP contribution in [0.15, 0.2) is 53.4 Å². The van der Waals surface area contributed by atoms with Crippen molar-refractivity contribution in [1.82, 2.24) is 10.0 Å². The van der Waals surface area contributed by atoms with Gasteiger partial charge in [-0.25, -0.2) is 13.1 Å². The van der Waals surface area contributed by atoms with Crippen LogP contribution < -0.4 is 19.7 Å². The predicted octanol–water partition coefficient (Wildman–Crippen LogP) is 5.05. The molecular weight excluding hydrogens is 482 g/mol. The van der Waals surface area contributed by atoms with Crippen LogP contribution in [0.5, 0.6) is 5.75 Å². The van der Waals surface area contributed by atoms with Gasteiger partial charge in [-0.2, -0.15) is 0 Å². The van der Waals surface area contributed by atoms with Crippen LogP contribution >= 0.6 is 0 Å². The summed E-state index contributed by atoms with van der Waals surface area (Å²) >= 11 is 0. The molecule has 0 radical (unpaired) electrons. The molecule has 1 atom stereocenters. The number of anilines is 1. The largest absolute Gasteiger partial charge is 0.496 e. The SMILES string of the molecule is COc1cc(C)c(S(=O)(=O)NC2CCCc3cc(-c4ccc(N5CCNCC5)cc4)ccc32)c(C)c1C. The number of nitrogens with zero attached hydrogens (tertiary/aromatic N) is 1. The highest BCUT2D eigenvalue weighted by Crippen LogP contribution is 2.36. The van der Waals surface area contributed by atoms with Gasteiger partial charge in [-0.05, 0) is 97.2 Å². The van der Waals surface area contributed by atoms with Gasteiger partial charge in [0, 0.05) is 37.9 Å². The molecule has 2 N–H and O–H groups in total. The molecule has 2 aliphatic rings. The van der Waals surface area contributed by atoms with Crippen LogP contribution in [0.1, 0.15) is 46.7 Å². The topological polar surface area (TPSA) is 70.7 Å². The third kappa shape index (κ3) is 5.13. The van der Waals surface area contributed by atoms with Gasteiger partial charge in [-0.15, -0.1) is 0 Å². The van der Waals surface area contributed by atoms with Gasteiger partial charge in [0.2, 0.25) is 10.0 Å². The van der Waals surface area contributed by atoms with E-state index >= 15 is 0 Å². The zero-order valence-electron chi connectivity index (χ0n) is 22.2. The van der Waals surface area contributed by atoms with E-state index in [1.807, 2.05) is 26.8 Å². The summed E-state index contributed by atoms with van der Waals surface area (Å²) in [5.41, 5.74) is 8.21. The molecule has 196 valence electrons. The molecule has 3 aromatic rings. The molecule has 0 bridgehead atoms. The number of aryl methyl sites for hydroxylation is 2. The van der Waals surface area contributed by atoms with Gasteiger partial charge in [0.1, 0.15) is 5.75 Å². The first-order valence-electron chi connectivity index (χ1n) is 13.1. The van der Waals surface area contributed by atoms with Crippen molar-refractivity contribution in [2.24, 2.45) is 0 Å². The molecule has 1 saturated heterocycles. The molecule has 1 unspecified atom stereocenters. The minimum Gasteiger partial charge on any atom is -0.496 e. The fourth-order valence-electron chi connectivity index (χ4n) is 5.80. The van der Waals surface area contributed by atoms with E-state index in [4.69, 9.17) is 4.74 Å². The minimum atomic E-state index is -3.70. The maximum Gasteiger partial charge on any atom is 0.241 e. The van der Waals surface area contributed by atoms with Crippen LogP contribution in [0.2, 0.25) is 0 Å². The molecule has 1 aliphatic carbocycles. The van der Waals surface area contributed by atoms with Crippen LogP contribution in [-0.2, 0) is 16.4 Å². The van der Waals surface area contributed by atoms with Gasteiger partial charge in [-0.3, -0.25) is 0 Å². The number of rotatable bonds is 6. The lowest BCUT2D eigenvalue weighted by molar-refractivity contribution is 0.410. The zero-order valence-corrected chi connectivity index (χ0v) is 23.0. The molecule has 1 aliphatic heterocycles. The third-order valence-electron chi connectivity index (χ3n) is 7.90. The van der Waals surface area contributed by atoms with Crippen LogP contribution in [0.3, 0.4) is 0 Å². The zero-order chi connectivity index (χ0) is 26.2. The van der Waals surface area contributed by atoms with E-state index in [0.717, 1.165) is 62.1 Å². The number of hydrogen-bond donors (Lipinski definition) is 2. The quantitative estimate of drug-likeness (QED) is 0.477. The molecule has 0 saturated carbocycles. The number of hydrogen-bond acceptors (Lipinski definition) is 5. The standard InChI is InChI=1S/C30H37N3O3S/c1-20-18-29(36-4)21(2)22(3)30(20)37(34,35)32-28-7-5-6-25-19-24(10-13-27(25)28)23-8-11-26(12-9-23)33-16-14-31-15-17-33/h8-13,18-19,28,31-32H,5-7,14-17H2,1-4H3. The second kappa shape index (κ2) is 10.5. The maximum atomic E-state index is 13.6. The van der Waals surface area contributed by atoms with Crippen molar-refractivity contribution in [2.75, 3.05) is 38.2 Å². The highest BCUT2D eigenvalue weighted by molar-refractivity contribution is 7.89. The third-order valence-corrected chi connectivity index (χ3v) is 9.67. The minimum absolute atomic E-state index is 0.237.